The largest absolute Gasteiger partial charge is 0.508 e. The Bertz CT molecular complexity index is 1150. The number of aryl methyl sites for hydroxylation is 2. The number of amides is 1. The molecule has 0 radical (unpaired) electrons. The van der Waals surface area contributed by atoms with Crippen molar-refractivity contribution in [2.75, 3.05) is 13.1 Å². The van der Waals surface area contributed by atoms with E-state index in [0.717, 1.165) is 41.5 Å². The predicted molar refractivity (Wildman–Crippen MR) is 152 cm³/mol. The predicted octanol–water partition coefficient (Wildman–Crippen LogP) is 2.49. The summed E-state index contributed by atoms with van der Waals surface area (Å²) in [6, 6.07) is 12.2. The van der Waals surface area contributed by atoms with E-state index >= 15 is 0 Å². The van der Waals surface area contributed by atoms with Gasteiger partial charge in [0.05, 0.1) is 12.2 Å². The number of carbonyl (C=O) groups excluding carboxylic acids is 1. The van der Waals surface area contributed by atoms with Crippen LogP contribution in [0.3, 0.4) is 0 Å². The third-order valence-electron chi connectivity index (χ3n) is 6.79. The summed E-state index contributed by atoms with van der Waals surface area (Å²) in [6.07, 6.45) is 4.13. The molecule has 0 aliphatic carbocycles. The molecule has 0 bridgehead atoms. The van der Waals surface area contributed by atoms with Crippen LogP contribution in [-0.4, -0.2) is 46.5 Å². The summed E-state index contributed by atoms with van der Waals surface area (Å²) >= 11 is 0. The number of carbonyl (C=O) groups is 1. The maximum atomic E-state index is 13.7. The van der Waals surface area contributed by atoms with Crippen molar-refractivity contribution in [3.63, 3.8) is 0 Å². The zero-order chi connectivity index (χ0) is 28.2. The van der Waals surface area contributed by atoms with Crippen molar-refractivity contribution >= 4 is 5.91 Å². The molecule has 10 nitrogen and oxygen atoms in total. The Hall–Kier alpha value is -3.31. The van der Waals surface area contributed by atoms with Gasteiger partial charge in [0, 0.05) is 6.42 Å². The minimum Gasteiger partial charge on any atom is -0.508 e. The molecule has 2 aromatic carbocycles. The van der Waals surface area contributed by atoms with Gasteiger partial charge < -0.3 is 32.1 Å². The summed E-state index contributed by atoms with van der Waals surface area (Å²) in [5.41, 5.74) is 21.6. The Labute approximate surface area is 230 Å². The van der Waals surface area contributed by atoms with Gasteiger partial charge in [-0.15, -0.1) is 0 Å². The SMILES string of the molecule is Cc1cc(O)cc(C)c1C[C@H](N[C@H](N)CCCN)C(=O)N[C@H](CCCCN)c1nc(Cc2ccccc2)no1. The number of unbranched alkanes of at least 4 members (excludes halogenated alkanes) is 1. The maximum Gasteiger partial charge on any atom is 0.249 e. The molecule has 3 atom stereocenters. The van der Waals surface area contributed by atoms with Gasteiger partial charge >= 0.3 is 0 Å². The molecule has 0 unspecified atom stereocenters. The highest BCUT2D eigenvalue weighted by atomic mass is 16.5. The molecule has 0 spiro atoms. The molecular formula is C29H43N7O3. The molecule has 3 aromatic rings. The third kappa shape index (κ3) is 9.43. The van der Waals surface area contributed by atoms with Crippen LogP contribution < -0.4 is 27.8 Å². The van der Waals surface area contributed by atoms with Crippen molar-refractivity contribution in [1.29, 1.82) is 0 Å². The molecule has 0 aliphatic heterocycles. The average Bonchev–Trinajstić information content (AvgIpc) is 3.37. The molecule has 39 heavy (non-hydrogen) atoms. The van der Waals surface area contributed by atoms with E-state index in [9.17, 15) is 9.90 Å². The number of nitrogens with two attached hydrogens (primary N) is 3. The lowest BCUT2D eigenvalue weighted by molar-refractivity contribution is -0.124. The second kappa shape index (κ2) is 15.3. The molecule has 1 aromatic heterocycles. The summed E-state index contributed by atoms with van der Waals surface area (Å²) in [4.78, 5) is 18.4. The first-order valence-corrected chi connectivity index (χ1v) is 13.7. The Morgan fingerprint density at radius 2 is 1.72 bits per heavy atom. The van der Waals surface area contributed by atoms with E-state index in [4.69, 9.17) is 21.7 Å². The van der Waals surface area contributed by atoms with Crippen LogP contribution in [0.25, 0.3) is 0 Å². The fraction of sp³-hybridized carbons (Fsp3) is 0.483. The van der Waals surface area contributed by atoms with Gasteiger partial charge in [0.1, 0.15) is 11.8 Å². The normalized spacial score (nSPS) is 13.7. The van der Waals surface area contributed by atoms with E-state index in [2.05, 4.69) is 20.8 Å². The molecular weight excluding hydrogens is 494 g/mol. The van der Waals surface area contributed by atoms with Crippen LogP contribution in [0.5, 0.6) is 5.75 Å². The van der Waals surface area contributed by atoms with Crippen molar-refractivity contribution in [1.82, 2.24) is 20.8 Å². The number of phenolic OH excluding ortho intramolecular Hbond substituents is 1. The highest BCUT2D eigenvalue weighted by molar-refractivity contribution is 5.82. The molecule has 3 rings (SSSR count). The minimum absolute atomic E-state index is 0.199. The Morgan fingerprint density at radius 1 is 1.03 bits per heavy atom. The smallest absolute Gasteiger partial charge is 0.249 e. The fourth-order valence-corrected chi connectivity index (χ4v) is 4.69. The van der Waals surface area contributed by atoms with Crippen molar-refractivity contribution < 1.29 is 14.4 Å². The highest BCUT2D eigenvalue weighted by Gasteiger charge is 2.28. The monoisotopic (exact) mass is 537 g/mol. The van der Waals surface area contributed by atoms with Crippen LogP contribution in [0.4, 0.5) is 0 Å². The van der Waals surface area contributed by atoms with E-state index in [1.54, 1.807) is 12.1 Å². The van der Waals surface area contributed by atoms with Gasteiger partial charge in [-0.2, -0.15) is 4.98 Å². The van der Waals surface area contributed by atoms with Crippen LogP contribution in [0.2, 0.25) is 0 Å². The van der Waals surface area contributed by atoms with Crippen LogP contribution >= 0.6 is 0 Å². The first kappa shape index (κ1) is 30.2. The van der Waals surface area contributed by atoms with Gasteiger partial charge in [0.15, 0.2) is 5.82 Å². The maximum absolute atomic E-state index is 13.7. The number of benzene rings is 2. The van der Waals surface area contributed by atoms with E-state index in [1.165, 1.54) is 0 Å². The van der Waals surface area contributed by atoms with E-state index < -0.39 is 18.2 Å². The van der Waals surface area contributed by atoms with E-state index in [-0.39, 0.29) is 11.7 Å². The number of phenols is 1. The van der Waals surface area contributed by atoms with Gasteiger partial charge in [-0.25, -0.2) is 0 Å². The molecule has 0 saturated carbocycles. The number of hydrogen-bond donors (Lipinski definition) is 6. The van der Waals surface area contributed by atoms with Crippen LogP contribution in [0, 0.1) is 13.8 Å². The lowest BCUT2D eigenvalue weighted by Crippen LogP contribution is -2.53. The second-order valence-electron chi connectivity index (χ2n) is 10.1. The van der Waals surface area contributed by atoms with Gasteiger partial charge in [0.25, 0.3) is 0 Å². The molecule has 1 heterocycles. The second-order valence-corrected chi connectivity index (χ2v) is 10.1. The van der Waals surface area contributed by atoms with Gasteiger partial charge in [-0.05, 0) is 99.8 Å². The summed E-state index contributed by atoms with van der Waals surface area (Å²) in [6.45, 7) is 4.93. The Morgan fingerprint density at radius 3 is 2.38 bits per heavy atom. The van der Waals surface area contributed by atoms with Gasteiger partial charge in [-0.3, -0.25) is 10.1 Å². The van der Waals surface area contributed by atoms with Crippen molar-refractivity contribution in [3.8, 4) is 5.75 Å². The lowest BCUT2D eigenvalue weighted by atomic mass is 9.95. The molecule has 10 heteroatoms. The summed E-state index contributed by atoms with van der Waals surface area (Å²) < 4.78 is 5.62. The van der Waals surface area contributed by atoms with Gasteiger partial charge in [0.2, 0.25) is 11.8 Å². The molecule has 0 saturated heterocycles. The summed E-state index contributed by atoms with van der Waals surface area (Å²) in [7, 11) is 0. The van der Waals surface area contributed by atoms with Crippen LogP contribution in [-0.2, 0) is 17.6 Å². The summed E-state index contributed by atoms with van der Waals surface area (Å²) in [5, 5.41) is 20.6. The topological polar surface area (TPSA) is 178 Å². The van der Waals surface area contributed by atoms with Crippen LogP contribution in [0.1, 0.15) is 72.1 Å². The first-order valence-electron chi connectivity index (χ1n) is 13.7. The molecule has 1 amide bonds. The zero-order valence-corrected chi connectivity index (χ0v) is 23.0. The molecule has 0 fully saturated rings. The number of nitrogens with zero attached hydrogens (tertiary/aromatic N) is 2. The number of aromatic nitrogens is 2. The zero-order valence-electron chi connectivity index (χ0n) is 23.0. The number of aromatic hydroxyl groups is 1. The van der Waals surface area contributed by atoms with Gasteiger partial charge in [-0.1, -0.05) is 35.5 Å². The number of hydrogen-bond acceptors (Lipinski definition) is 9. The Balaban J connectivity index is 1.81. The number of rotatable bonds is 16. The molecule has 212 valence electrons. The number of nitrogens with one attached hydrogen (secondary N) is 2. The van der Waals surface area contributed by atoms with E-state index in [0.29, 0.717) is 50.5 Å². The van der Waals surface area contributed by atoms with Crippen LogP contribution in [0.15, 0.2) is 47.0 Å². The molecule has 9 N–H and O–H groups in total. The highest BCUT2D eigenvalue weighted by Crippen LogP contribution is 2.23. The lowest BCUT2D eigenvalue weighted by Gasteiger charge is -2.26. The molecule has 0 aliphatic rings. The van der Waals surface area contributed by atoms with Crippen molar-refractivity contribution in [2.24, 2.45) is 17.2 Å². The average molecular weight is 538 g/mol. The fourth-order valence-electron chi connectivity index (χ4n) is 4.69. The van der Waals surface area contributed by atoms with E-state index in [1.807, 2.05) is 44.2 Å². The van der Waals surface area contributed by atoms with Crippen molar-refractivity contribution in [2.45, 2.75) is 77.0 Å². The Kier molecular flexibility index (Phi) is 11.9. The van der Waals surface area contributed by atoms with Crippen molar-refractivity contribution in [3.05, 3.63) is 76.4 Å². The first-order chi connectivity index (χ1) is 18.8. The standard InChI is InChI=1S/C29H43N7O3/c1-19-15-22(37)16-20(2)23(19)18-25(33-26(32)12-8-14-31)28(38)34-24(11-6-7-13-30)29-35-27(36-39-29)17-21-9-4-3-5-10-21/h3-5,9-10,15-16,24-26,33,37H,6-8,11-14,17-18,30-32H2,1-2H3,(H,34,38)/t24-,25+,26+/m1/s1. The minimum atomic E-state index is -0.622. The third-order valence-corrected chi connectivity index (χ3v) is 6.79. The summed E-state index contributed by atoms with van der Waals surface area (Å²) in [5.74, 6) is 0.910. The quantitative estimate of drug-likeness (QED) is 0.118.